The molecule has 0 bridgehead atoms. The molecule has 0 saturated carbocycles. The van der Waals surface area contributed by atoms with Gasteiger partial charge in [0.25, 0.3) is 0 Å². The van der Waals surface area contributed by atoms with Crippen LogP contribution < -0.4 is 0 Å². The highest BCUT2D eigenvalue weighted by atomic mass is 16.5. The van der Waals surface area contributed by atoms with E-state index in [4.69, 9.17) is 4.74 Å². The maximum Gasteiger partial charge on any atom is 0.317 e. The van der Waals surface area contributed by atoms with Crippen LogP contribution in [0.15, 0.2) is 54.6 Å². The molecule has 4 nitrogen and oxygen atoms in total. The fourth-order valence-electron chi connectivity index (χ4n) is 3.66. The van der Waals surface area contributed by atoms with Crippen LogP contribution in [0.5, 0.6) is 0 Å². The number of hydrogen-bond acceptors (Lipinski definition) is 4. The normalized spacial score (nSPS) is 20.8. The third-order valence-corrected chi connectivity index (χ3v) is 4.91. The molecule has 0 amide bonds. The largest absolute Gasteiger partial charge is 0.465 e. The minimum absolute atomic E-state index is 0.0259. The number of hydrogen-bond donors (Lipinski definition) is 0. The predicted molar refractivity (Wildman–Crippen MR) is 101 cm³/mol. The van der Waals surface area contributed by atoms with E-state index < -0.39 is 11.9 Å². The summed E-state index contributed by atoms with van der Waals surface area (Å²) in [6, 6.07) is 18.3. The van der Waals surface area contributed by atoms with Crippen LogP contribution in [-0.4, -0.2) is 43.4 Å². The molecule has 26 heavy (non-hydrogen) atoms. The van der Waals surface area contributed by atoms with Gasteiger partial charge in [-0.1, -0.05) is 54.6 Å². The number of esters is 1. The van der Waals surface area contributed by atoms with Crippen molar-refractivity contribution in [1.82, 2.24) is 4.90 Å². The Hall–Kier alpha value is -2.46. The van der Waals surface area contributed by atoms with Gasteiger partial charge in [0.2, 0.25) is 0 Å². The van der Waals surface area contributed by atoms with Gasteiger partial charge in [0.05, 0.1) is 12.5 Å². The van der Waals surface area contributed by atoms with Crippen molar-refractivity contribution in [1.29, 1.82) is 0 Å². The average molecular weight is 351 g/mol. The maximum absolute atomic E-state index is 13.1. The molecular formula is C22H25NO3. The second-order valence-corrected chi connectivity index (χ2v) is 6.84. The molecule has 1 fully saturated rings. The van der Waals surface area contributed by atoms with Gasteiger partial charge < -0.3 is 9.64 Å². The molecule has 0 aliphatic carbocycles. The van der Waals surface area contributed by atoms with Gasteiger partial charge in [0.15, 0.2) is 5.78 Å². The summed E-state index contributed by atoms with van der Waals surface area (Å²) < 4.78 is 5.12. The number of piperidine rings is 1. The lowest BCUT2D eigenvalue weighted by molar-refractivity contribution is -0.154. The van der Waals surface area contributed by atoms with E-state index in [1.165, 1.54) is 5.56 Å². The zero-order valence-electron chi connectivity index (χ0n) is 15.4. The van der Waals surface area contributed by atoms with Crippen LogP contribution in [0.3, 0.4) is 0 Å². The van der Waals surface area contributed by atoms with E-state index in [1.54, 1.807) is 6.92 Å². The van der Waals surface area contributed by atoms with Crippen LogP contribution >= 0.6 is 0 Å². The number of likely N-dealkylation sites (tertiary alicyclic amines) is 1. The molecule has 0 N–H and O–H groups in total. The molecule has 0 radical (unpaired) electrons. The molecule has 1 heterocycles. The molecule has 4 heteroatoms. The SMILES string of the molecule is CCOC(=O)C1CN(C)CC(c2ccccc2Cc2ccccc2)C1=O. The summed E-state index contributed by atoms with van der Waals surface area (Å²) in [5, 5.41) is 0. The zero-order chi connectivity index (χ0) is 18.5. The topological polar surface area (TPSA) is 46.6 Å². The summed E-state index contributed by atoms with van der Waals surface area (Å²) in [6.45, 7) is 3.11. The highest BCUT2D eigenvalue weighted by molar-refractivity contribution is 6.03. The Bertz CT molecular complexity index is 772. The summed E-state index contributed by atoms with van der Waals surface area (Å²) in [5.74, 6) is -1.44. The van der Waals surface area contributed by atoms with E-state index in [9.17, 15) is 9.59 Å². The summed E-state index contributed by atoms with van der Waals surface area (Å²) in [7, 11) is 1.95. The maximum atomic E-state index is 13.1. The third-order valence-electron chi connectivity index (χ3n) is 4.91. The first-order valence-corrected chi connectivity index (χ1v) is 9.10. The number of Topliss-reactive ketones (excluding diaryl/α,β-unsaturated/α-hetero) is 1. The molecule has 1 saturated heterocycles. The van der Waals surface area contributed by atoms with Crippen molar-refractivity contribution in [3.63, 3.8) is 0 Å². The summed E-state index contributed by atoms with van der Waals surface area (Å²) in [4.78, 5) is 27.4. The van der Waals surface area contributed by atoms with Crippen molar-refractivity contribution in [2.75, 3.05) is 26.7 Å². The monoisotopic (exact) mass is 351 g/mol. The number of ether oxygens (including phenoxy) is 1. The molecule has 2 unspecified atom stereocenters. The Labute approximate surface area is 154 Å². The molecule has 0 aromatic heterocycles. The Morgan fingerprint density at radius 3 is 2.50 bits per heavy atom. The van der Waals surface area contributed by atoms with Crippen molar-refractivity contribution >= 4 is 11.8 Å². The minimum atomic E-state index is -0.705. The quantitative estimate of drug-likeness (QED) is 0.614. The Balaban J connectivity index is 1.90. The first-order valence-electron chi connectivity index (χ1n) is 9.10. The van der Waals surface area contributed by atoms with Gasteiger partial charge in [0, 0.05) is 13.1 Å². The van der Waals surface area contributed by atoms with Gasteiger partial charge in [-0.05, 0) is 37.1 Å². The molecule has 0 spiro atoms. The van der Waals surface area contributed by atoms with Crippen LogP contribution in [0.2, 0.25) is 0 Å². The van der Waals surface area contributed by atoms with Crippen molar-refractivity contribution in [2.24, 2.45) is 5.92 Å². The highest BCUT2D eigenvalue weighted by Gasteiger charge is 2.40. The second kappa shape index (κ2) is 8.28. The number of ketones is 1. The third kappa shape index (κ3) is 4.02. The summed E-state index contributed by atoms with van der Waals surface area (Å²) in [6.07, 6.45) is 0.772. The predicted octanol–water partition coefficient (Wildman–Crippen LogP) is 3.05. The molecule has 2 aromatic carbocycles. The number of likely N-dealkylation sites (N-methyl/N-ethyl adjacent to an activating group) is 1. The standard InChI is InChI=1S/C22H25NO3/c1-3-26-22(25)20-15-23(2)14-19(21(20)24)18-12-8-7-11-17(18)13-16-9-5-4-6-10-16/h4-12,19-20H,3,13-15H2,1-2H3. The number of carbonyl (C=O) groups is 2. The van der Waals surface area contributed by atoms with Gasteiger partial charge in [-0.15, -0.1) is 0 Å². The lowest BCUT2D eigenvalue weighted by Crippen LogP contribution is -2.47. The van der Waals surface area contributed by atoms with Crippen LogP contribution in [0.4, 0.5) is 0 Å². The van der Waals surface area contributed by atoms with Crippen molar-refractivity contribution in [3.8, 4) is 0 Å². The van der Waals surface area contributed by atoms with Crippen molar-refractivity contribution < 1.29 is 14.3 Å². The van der Waals surface area contributed by atoms with Gasteiger partial charge in [-0.3, -0.25) is 9.59 Å². The number of rotatable bonds is 5. The molecule has 136 valence electrons. The Morgan fingerprint density at radius 2 is 1.77 bits per heavy atom. The van der Waals surface area contributed by atoms with Gasteiger partial charge >= 0.3 is 5.97 Å². The van der Waals surface area contributed by atoms with Crippen LogP contribution in [0.1, 0.15) is 29.5 Å². The zero-order valence-corrected chi connectivity index (χ0v) is 15.4. The smallest absolute Gasteiger partial charge is 0.317 e. The van der Waals surface area contributed by atoms with Gasteiger partial charge in [-0.25, -0.2) is 0 Å². The summed E-state index contributed by atoms with van der Waals surface area (Å²) in [5.41, 5.74) is 3.36. The molecular weight excluding hydrogens is 326 g/mol. The van der Waals surface area contributed by atoms with Crippen LogP contribution in [0.25, 0.3) is 0 Å². The number of benzene rings is 2. The van der Waals surface area contributed by atoms with Crippen LogP contribution in [-0.2, 0) is 20.7 Å². The van der Waals surface area contributed by atoms with Gasteiger partial charge in [0.1, 0.15) is 5.92 Å². The molecule has 1 aliphatic rings. The lowest BCUT2D eigenvalue weighted by Gasteiger charge is -2.34. The van der Waals surface area contributed by atoms with E-state index in [2.05, 4.69) is 18.2 Å². The minimum Gasteiger partial charge on any atom is -0.465 e. The van der Waals surface area contributed by atoms with Crippen molar-refractivity contribution in [3.05, 3.63) is 71.3 Å². The number of nitrogens with zero attached hydrogens (tertiary/aromatic N) is 1. The van der Waals surface area contributed by atoms with E-state index in [0.29, 0.717) is 19.7 Å². The Morgan fingerprint density at radius 1 is 1.08 bits per heavy atom. The average Bonchev–Trinajstić information content (AvgIpc) is 2.65. The van der Waals surface area contributed by atoms with Crippen LogP contribution in [0, 0.1) is 5.92 Å². The first kappa shape index (κ1) is 18.3. The molecule has 2 aromatic rings. The Kier molecular flexibility index (Phi) is 5.84. The second-order valence-electron chi connectivity index (χ2n) is 6.84. The molecule has 1 aliphatic heterocycles. The lowest BCUT2D eigenvalue weighted by atomic mass is 9.80. The first-order chi connectivity index (χ1) is 12.6. The molecule has 3 rings (SSSR count). The van der Waals surface area contributed by atoms with E-state index in [-0.39, 0.29) is 11.7 Å². The van der Waals surface area contributed by atoms with E-state index in [0.717, 1.165) is 17.5 Å². The highest BCUT2D eigenvalue weighted by Crippen LogP contribution is 2.30. The van der Waals surface area contributed by atoms with Gasteiger partial charge in [-0.2, -0.15) is 0 Å². The number of carbonyl (C=O) groups excluding carboxylic acids is 2. The molecule has 2 atom stereocenters. The summed E-state index contributed by atoms with van der Waals surface area (Å²) >= 11 is 0. The van der Waals surface area contributed by atoms with Crippen molar-refractivity contribution in [2.45, 2.75) is 19.3 Å². The van der Waals surface area contributed by atoms with E-state index in [1.807, 2.05) is 48.3 Å². The fourth-order valence-corrected chi connectivity index (χ4v) is 3.66. The van der Waals surface area contributed by atoms with E-state index >= 15 is 0 Å². The fraction of sp³-hybridized carbons (Fsp3) is 0.364.